The summed E-state index contributed by atoms with van der Waals surface area (Å²) in [6.45, 7) is 4.22. The van der Waals surface area contributed by atoms with Gasteiger partial charge in [0.1, 0.15) is 5.78 Å². The minimum Gasteiger partial charge on any atom is -0.299 e. The molecule has 1 heteroatoms. The van der Waals surface area contributed by atoms with Crippen molar-refractivity contribution in [3.63, 3.8) is 0 Å². The highest BCUT2D eigenvalue weighted by Crippen LogP contribution is 2.52. The Bertz CT molecular complexity index is 181. The molecular weight excluding hydrogens is 124 g/mol. The lowest BCUT2D eigenvalue weighted by atomic mass is 9.76. The lowest BCUT2D eigenvalue weighted by molar-refractivity contribution is -0.130. The second-order valence-corrected chi connectivity index (χ2v) is 4.29. The molecule has 0 aromatic heterocycles. The van der Waals surface area contributed by atoms with E-state index in [1.165, 1.54) is 19.3 Å². The summed E-state index contributed by atoms with van der Waals surface area (Å²) in [5.74, 6) is 1.69. The minimum absolute atomic E-state index is 0.0307. The van der Waals surface area contributed by atoms with Crippen molar-refractivity contribution < 1.29 is 4.79 Å². The maximum absolute atomic E-state index is 11.5. The molecule has 0 saturated heterocycles. The van der Waals surface area contributed by atoms with Gasteiger partial charge in [0.05, 0.1) is 0 Å². The Hall–Kier alpha value is -0.330. The molecule has 2 saturated carbocycles. The van der Waals surface area contributed by atoms with E-state index in [9.17, 15) is 4.79 Å². The third kappa shape index (κ3) is 0.561. The number of Topliss-reactive ketones (excluding diaryl/α,β-unsaturated/α-hetero) is 1. The molecule has 2 rings (SSSR count). The monoisotopic (exact) mass is 138 g/mol. The Morgan fingerprint density at radius 2 is 2.10 bits per heavy atom. The fourth-order valence-corrected chi connectivity index (χ4v) is 2.60. The molecular formula is C9H14O. The summed E-state index contributed by atoms with van der Waals surface area (Å²) in [7, 11) is 0. The van der Waals surface area contributed by atoms with Crippen molar-refractivity contribution in [1.82, 2.24) is 0 Å². The van der Waals surface area contributed by atoms with Crippen molar-refractivity contribution in [1.29, 1.82) is 0 Å². The fraction of sp³-hybridized carbons (Fsp3) is 0.889. The van der Waals surface area contributed by atoms with Gasteiger partial charge in [0.25, 0.3) is 0 Å². The Morgan fingerprint density at radius 3 is 2.40 bits per heavy atom. The second kappa shape index (κ2) is 1.63. The van der Waals surface area contributed by atoms with Crippen LogP contribution in [0.5, 0.6) is 0 Å². The average molecular weight is 138 g/mol. The summed E-state index contributed by atoms with van der Waals surface area (Å²) in [4.78, 5) is 11.5. The van der Waals surface area contributed by atoms with Gasteiger partial charge >= 0.3 is 0 Å². The molecule has 0 unspecified atom stereocenters. The molecule has 0 spiro atoms. The van der Waals surface area contributed by atoms with E-state index in [0.717, 1.165) is 0 Å². The van der Waals surface area contributed by atoms with Crippen LogP contribution in [0.1, 0.15) is 33.1 Å². The molecule has 2 bridgehead atoms. The standard InChI is InChI=1S/C9H14O/c1-9(2)7-4-3-6(5-7)8(9)10/h6-7H,3-5H2,1-2H3/t6-,7-/m1/s1. The van der Waals surface area contributed by atoms with Gasteiger partial charge < -0.3 is 0 Å². The van der Waals surface area contributed by atoms with Gasteiger partial charge in [-0.3, -0.25) is 4.79 Å². The third-order valence-corrected chi connectivity index (χ3v) is 3.46. The Balaban J connectivity index is 2.34. The molecule has 0 amide bonds. The zero-order valence-corrected chi connectivity index (χ0v) is 6.68. The molecule has 0 heterocycles. The molecule has 2 aliphatic rings. The molecule has 2 atom stereocenters. The molecule has 2 fully saturated rings. The van der Waals surface area contributed by atoms with E-state index < -0.39 is 0 Å². The first-order chi connectivity index (χ1) is 4.62. The molecule has 0 radical (unpaired) electrons. The smallest absolute Gasteiger partial charge is 0.141 e. The second-order valence-electron chi connectivity index (χ2n) is 4.29. The number of fused-ring (bicyclic) bond motifs is 2. The Labute approximate surface area is 61.8 Å². The third-order valence-electron chi connectivity index (χ3n) is 3.46. The summed E-state index contributed by atoms with van der Waals surface area (Å²) in [5.41, 5.74) is 0.0307. The van der Waals surface area contributed by atoms with Gasteiger partial charge in [-0.05, 0) is 25.2 Å². The first-order valence-electron chi connectivity index (χ1n) is 4.16. The van der Waals surface area contributed by atoms with Crippen LogP contribution in [0.3, 0.4) is 0 Å². The number of carbonyl (C=O) groups excluding carboxylic acids is 1. The summed E-state index contributed by atoms with van der Waals surface area (Å²) < 4.78 is 0. The molecule has 0 aliphatic heterocycles. The van der Waals surface area contributed by atoms with Gasteiger partial charge in [-0.15, -0.1) is 0 Å². The lowest BCUT2D eigenvalue weighted by Gasteiger charge is -2.27. The van der Waals surface area contributed by atoms with Crippen LogP contribution >= 0.6 is 0 Å². The minimum atomic E-state index is 0.0307. The fourth-order valence-electron chi connectivity index (χ4n) is 2.60. The first kappa shape index (κ1) is 6.38. The highest BCUT2D eigenvalue weighted by molar-refractivity contribution is 5.89. The molecule has 1 nitrogen and oxygen atoms in total. The van der Waals surface area contributed by atoms with Crippen molar-refractivity contribution in [2.24, 2.45) is 17.3 Å². The number of ketones is 1. The average Bonchev–Trinajstić information content (AvgIpc) is 2.37. The number of hydrogen-bond donors (Lipinski definition) is 0. The van der Waals surface area contributed by atoms with Gasteiger partial charge in [0, 0.05) is 11.3 Å². The van der Waals surface area contributed by atoms with Crippen LogP contribution < -0.4 is 0 Å². The van der Waals surface area contributed by atoms with Crippen molar-refractivity contribution in [2.45, 2.75) is 33.1 Å². The quantitative estimate of drug-likeness (QED) is 0.500. The van der Waals surface area contributed by atoms with Crippen LogP contribution in [0.15, 0.2) is 0 Å². The summed E-state index contributed by atoms with van der Waals surface area (Å²) in [6.07, 6.45) is 3.65. The molecule has 0 aromatic carbocycles. The number of hydrogen-bond acceptors (Lipinski definition) is 1. The van der Waals surface area contributed by atoms with Crippen molar-refractivity contribution in [3.05, 3.63) is 0 Å². The maximum Gasteiger partial charge on any atom is 0.141 e. The summed E-state index contributed by atoms with van der Waals surface area (Å²) >= 11 is 0. The van der Waals surface area contributed by atoms with Crippen LogP contribution in [-0.4, -0.2) is 5.78 Å². The Kier molecular flexibility index (Phi) is 1.04. The van der Waals surface area contributed by atoms with E-state index in [2.05, 4.69) is 13.8 Å². The van der Waals surface area contributed by atoms with Crippen LogP contribution in [0, 0.1) is 17.3 Å². The van der Waals surface area contributed by atoms with E-state index in [0.29, 0.717) is 17.6 Å². The Morgan fingerprint density at radius 1 is 1.40 bits per heavy atom. The molecule has 2 aliphatic carbocycles. The lowest BCUT2D eigenvalue weighted by Crippen LogP contribution is -2.30. The molecule has 10 heavy (non-hydrogen) atoms. The normalized spacial score (nSPS) is 42.8. The van der Waals surface area contributed by atoms with Crippen LogP contribution in [0.4, 0.5) is 0 Å². The van der Waals surface area contributed by atoms with E-state index in [4.69, 9.17) is 0 Å². The van der Waals surface area contributed by atoms with Crippen LogP contribution in [0.25, 0.3) is 0 Å². The predicted octanol–water partition coefficient (Wildman–Crippen LogP) is 2.01. The van der Waals surface area contributed by atoms with E-state index >= 15 is 0 Å². The SMILES string of the molecule is CC1(C)C(=O)[C@@H]2CC[C@@H]1C2. The highest BCUT2D eigenvalue weighted by Gasteiger charge is 2.51. The van der Waals surface area contributed by atoms with E-state index in [1.54, 1.807) is 0 Å². The zero-order valence-electron chi connectivity index (χ0n) is 6.68. The van der Waals surface area contributed by atoms with Gasteiger partial charge in [0.15, 0.2) is 0 Å². The predicted molar refractivity (Wildman–Crippen MR) is 39.6 cm³/mol. The topological polar surface area (TPSA) is 17.1 Å². The maximum atomic E-state index is 11.5. The molecule has 56 valence electrons. The largest absolute Gasteiger partial charge is 0.299 e. The van der Waals surface area contributed by atoms with Gasteiger partial charge in [-0.2, -0.15) is 0 Å². The van der Waals surface area contributed by atoms with Crippen LogP contribution in [-0.2, 0) is 4.79 Å². The molecule has 0 aromatic rings. The van der Waals surface area contributed by atoms with E-state index in [-0.39, 0.29) is 5.41 Å². The van der Waals surface area contributed by atoms with Gasteiger partial charge in [-0.1, -0.05) is 13.8 Å². The van der Waals surface area contributed by atoms with E-state index in [1.807, 2.05) is 0 Å². The zero-order chi connectivity index (χ0) is 7.35. The summed E-state index contributed by atoms with van der Waals surface area (Å²) in [5, 5.41) is 0. The van der Waals surface area contributed by atoms with Crippen molar-refractivity contribution in [2.75, 3.05) is 0 Å². The number of carbonyl (C=O) groups is 1. The molecule has 0 N–H and O–H groups in total. The van der Waals surface area contributed by atoms with Crippen molar-refractivity contribution in [3.8, 4) is 0 Å². The van der Waals surface area contributed by atoms with Crippen molar-refractivity contribution >= 4 is 5.78 Å². The first-order valence-corrected chi connectivity index (χ1v) is 4.16. The van der Waals surface area contributed by atoms with Crippen LogP contribution in [0.2, 0.25) is 0 Å². The van der Waals surface area contributed by atoms with Gasteiger partial charge in [-0.25, -0.2) is 0 Å². The highest BCUT2D eigenvalue weighted by atomic mass is 16.1. The van der Waals surface area contributed by atoms with Gasteiger partial charge in [0.2, 0.25) is 0 Å². The number of rotatable bonds is 0. The summed E-state index contributed by atoms with van der Waals surface area (Å²) in [6, 6.07) is 0.